The van der Waals surface area contributed by atoms with Gasteiger partial charge in [-0.25, -0.2) is 4.79 Å². The molecule has 0 aromatic carbocycles. The maximum absolute atomic E-state index is 9.45. The van der Waals surface area contributed by atoms with Crippen molar-refractivity contribution in [3.05, 3.63) is 0 Å². The normalized spacial score (nSPS) is 8.20. The standard InChI is InChI=1S/C3H6O3.Mg.3H2O.2H/c1-2(4)3(5)6;;;;;;/h2,4H,1H3,(H,5,6);;3*1H2;;/q;+2;;;;2*-1. The Morgan fingerprint density at radius 3 is 1.50 bits per heavy atom. The first kappa shape index (κ1) is 32.2. The van der Waals surface area contributed by atoms with Crippen molar-refractivity contribution < 1.29 is 34.3 Å². The third-order valence-electron chi connectivity index (χ3n) is 0.357. The van der Waals surface area contributed by atoms with E-state index in [0.717, 1.165) is 0 Å². The first-order chi connectivity index (χ1) is 2.64. The van der Waals surface area contributed by atoms with Crippen LogP contribution in [0.4, 0.5) is 0 Å². The summed E-state index contributed by atoms with van der Waals surface area (Å²) in [5.74, 6) is -1.19. The summed E-state index contributed by atoms with van der Waals surface area (Å²) in [5.41, 5.74) is 0. The largest absolute Gasteiger partial charge is 2.00 e. The SMILES string of the molecule is CC(O)C(=O)O.O.O.O.[H-].[H-].[Mg+2]. The van der Waals surface area contributed by atoms with Gasteiger partial charge in [0.2, 0.25) is 0 Å². The Hall–Kier alpha value is 0.0762. The third kappa shape index (κ3) is 24.3. The van der Waals surface area contributed by atoms with Gasteiger partial charge in [0.25, 0.3) is 0 Å². The molecule has 0 heterocycles. The van der Waals surface area contributed by atoms with E-state index in [4.69, 9.17) is 10.2 Å². The maximum atomic E-state index is 9.45. The minimum atomic E-state index is -1.23. The van der Waals surface area contributed by atoms with E-state index >= 15 is 0 Å². The van der Waals surface area contributed by atoms with Crippen molar-refractivity contribution >= 4 is 29.0 Å². The van der Waals surface area contributed by atoms with Crippen LogP contribution in [-0.2, 0) is 4.79 Å². The van der Waals surface area contributed by atoms with Gasteiger partial charge in [0, 0.05) is 0 Å². The summed E-state index contributed by atoms with van der Waals surface area (Å²) >= 11 is 0. The van der Waals surface area contributed by atoms with Gasteiger partial charge in [-0.15, -0.1) is 0 Å². The van der Waals surface area contributed by atoms with Gasteiger partial charge in [0.1, 0.15) is 6.10 Å². The summed E-state index contributed by atoms with van der Waals surface area (Å²) in [7, 11) is 0. The van der Waals surface area contributed by atoms with E-state index in [0.29, 0.717) is 0 Å². The van der Waals surface area contributed by atoms with E-state index in [9.17, 15) is 4.79 Å². The Morgan fingerprint density at radius 2 is 1.50 bits per heavy atom. The molecule has 0 aromatic rings. The fourth-order valence-electron chi connectivity index (χ4n) is 0. The maximum Gasteiger partial charge on any atom is 2.00 e. The Balaban J connectivity index is -0.00000000833. The van der Waals surface area contributed by atoms with Gasteiger partial charge in [-0.3, -0.25) is 0 Å². The van der Waals surface area contributed by atoms with Gasteiger partial charge in [0.15, 0.2) is 0 Å². The fourth-order valence-corrected chi connectivity index (χ4v) is 0. The Labute approximate surface area is 76.9 Å². The van der Waals surface area contributed by atoms with Crippen LogP contribution in [0.15, 0.2) is 0 Å². The van der Waals surface area contributed by atoms with E-state index in [2.05, 4.69) is 0 Å². The number of carboxylic acid groups (broad SMARTS) is 1. The second-order valence-electron chi connectivity index (χ2n) is 1.01. The summed E-state index contributed by atoms with van der Waals surface area (Å²) in [5, 5.41) is 15.8. The van der Waals surface area contributed by atoms with Crippen LogP contribution in [-0.4, -0.2) is 61.8 Å². The summed E-state index contributed by atoms with van der Waals surface area (Å²) in [6.07, 6.45) is -1.23. The molecule has 0 aliphatic rings. The molecule has 0 radical (unpaired) electrons. The van der Waals surface area contributed by atoms with Crippen molar-refractivity contribution in [1.29, 1.82) is 0 Å². The summed E-state index contributed by atoms with van der Waals surface area (Å²) in [6, 6.07) is 0. The van der Waals surface area contributed by atoms with E-state index in [1.165, 1.54) is 6.92 Å². The predicted octanol–water partition coefficient (Wildman–Crippen LogP) is -3.18. The molecular weight excluding hydrogens is 156 g/mol. The summed E-state index contributed by atoms with van der Waals surface area (Å²) < 4.78 is 0. The number of carboxylic acids is 1. The second kappa shape index (κ2) is 16.0. The Bertz CT molecular complexity index is 71.8. The van der Waals surface area contributed by atoms with E-state index < -0.39 is 12.1 Å². The number of aliphatic hydroxyl groups is 1. The van der Waals surface area contributed by atoms with Crippen LogP contribution in [0, 0.1) is 0 Å². The fraction of sp³-hybridized carbons (Fsp3) is 0.667. The van der Waals surface area contributed by atoms with Gasteiger partial charge < -0.3 is 29.5 Å². The van der Waals surface area contributed by atoms with E-state index in [1.54, 1.807) is 0 Å². The number of hydrogen-bond donors (Lipinski definition) is 2. The van der Waals surface area contributed by atoms with Crippen LogP contribution < -0.4 is 0 Å². The van der Waals surface area contributed by atoms with E-state index in [-0.39, 0.29) is 42.3 Å². The van der Waals surface area contributed by atoms with Gasteiger partial charge in [-0.1, -0.05) is 0 Å². The molecule has 0 fully saturated rings. The van der Waals surface area contributed by atoms with Crippen molar-refractivity contribution in [2.45, 2.75) is 13.0 Å². The van der Waals surface area contributed by atoms with Gasteiger partial charge in [0.05, 0.1) is 0 Å². The minimum Gasteiger partial charge on any atom is -1.00 e. The molecule has 0 rings (SSSR count). The van der Waals surface area contributed by atoms with Gasteiger partial charge >= 0.3 is 29.0 Å². The molecule has 64 valence electrons. The van der Waals surface area contributed by atoms with Crippen LogP contribution in [0.3, 0.4) is 0 Å². The van der Waals surface area contributed by atoms with Crippen molar-refractivity contribution in [3.63, 3.8) is 0 Å². The third-order valence-corrected chi connectivity index (χ3v) is 0.357. The first-order valence-electron chi connectivity index (χ1n) is 1.55. The Morgan fingerprint density at radius 1 is 1.40 bits per heavy atom. The minimum absolute atomic E-state index is 0. The molecule has 0 amide bonds. The molecule has 8 N–H and O–H groups in total. The molecule has 1 unspecified atom stereocenters. The van der Waals surface area contributed by atoms with Crippen LogP contribution in [0.2, 0.25) is 0 Å². The van der Waals surface area contributed by atoms with Crippen LogP contribution in [0.5, 0.6) is 0 Å². The quantitative estimate of drug-likeness (QED) is 0.399. The molecule has 0 saturated carbocycles. The molecule has 6 nitrogen and oxygen atoms in total. The zero-order valence-electron chi connectivity index (χ0n) is 7.59. The number of aliphatic carboxylic acids is 1. The summed E-state index contributed by atoms with van der Waals surface area (Å²) in [6.45, 7) is 1.20. The van der Waals surface area contributed by atoms with Crippen LogP contribution in [0.25, 0.3) is 0 Å². The topological polar surface area (TPSA) is 152 Å². The monoisotopic (exact) mass is 170 g/mol. The molecule has 1 atom stereocenters. The zero-order valence-corrected chi connectivity index (χ0v) is 7.00. The second-order valence-corrected chi connectivity index (χ2v) is 1.01. The number of carbonyl (C=O) groups is 1. The molecule has 10 heavy (non-hydrogen) atoms. The van der Waals surface area contributed by atoms with Gasteiger partial charge in [-0.05, 0) is 6.92 Å². The molecule has 0 aliphatic carbocycles. The average Bonchev–Trinajstić information content (AvgIpc) is 1.36. The first-order valence-corrected chi connectivity index (χ1v) is 1.55. The molecule has 0 spiro atoms. The molecular formula is C3H14MgO6. The van der Waals surface area contributed by atoms with E-state index in [1.807, 2.05) is 0 Å². The molecule has 0 saturated heterocycles. The zero-order chi connectivity index (χ0) is 5.15. The summed E-state index contributed by atoms with van der Waals surface area (Å²) in [4.78, 5) is 9.45. The molecule has 0 aliphatic heterocycles. The van der Waals surface area contributed by atoms with Crippen LogP contribution >= 0.6 is 0 Å². The number of hydrogen-bond acceptors (Lipinski definition) is 2. The van der Waals surface area contributed by atoms with Crippen molar-refractivity contribution in [3.8, 4) is 0 Å². The molecule has 0 aromatic heterocycles. The van der Waals surface area contributed by atoms with Crippen LogP contribution in [0.1, 0.15) is 9.78 Å². The number of rotatable bonds is 1. The predicted molar refractivity (Wildman–Crippen MR) is 38.1 cm³/mol. The average molecular weight is 170 g/mol. The number of aliphatic hydroxyl groups excluding tert-OH is 1. The Kier molecular flexibility index (Phi) is 51.7. The molecule has 0 bridgehead atoms. The smallest absolute Gasteiger partial charge is 1.00 e. The van der Waals surface area contributed by atoms with Gasteiger partial charge in [-0.2, -0.15) is 0 Å². The molecule has 7 heteroatoms. The van der Waals surface area contributed by atoms with Crippen molar-refractivity contribution in [2.24, 2.45) is 0 Å². The van der Waals surface area contributed by atoms with Crippen molar-refractivity contribution in [1.82, 2.24) is 0 Å². The van der Waals surface area contributed by atoms with Crippen molar-refractivity contribution in [2.75, 3.05) is 0 Å².